The second-order valence-corrected chi connectivity index (χ2v) is 4.66. The smallest absolute Gasteiger partial charge is 0.212 e. The molecule has 1 aromatic heterocycles. The molecule has 0 aliphatic rings. The molecule has 0 spiro atoms. The van der Waals surface area contributed by atoms with E-state index in [0.29, 0.717) is 6.61 Å². The molecule has 19 heavy (non-hydrogen) atoms. The van der Waals surface area contributed by atoms with Gasteiger partial charge in [0.25, 0.3) is 0 Å². The Morgan fingerprint density at radius 3 is 2.63 bits per heavy atom. The normalized spacial score (nSPS) is 10.7. The minimum atomic E-state index is 0.582. The predicted octanol–water partition coefficient (Wildman–Crippen LogP) is 2.07. The second kappa shape index (κ2) is 6.38. The Morgan fingerprint density at radius 2 is 2.00 bits per heavy atom. The van der Waals surface area contributed by atoms with Crippen LogP contribution >= 0.6 is 0 Å². The van der Waals surface area contributed by atoms with E-state index in [1.165, 1.54) is 11.1 Å². The number of ether oxygens (including phenoxy) is 1. The van der Waals surface area contributed by atoms with Crippen molar-refractivity contribution in [2.45, 2.75) is 20.0 Å². The van der Waals surface area contributed by atoms with E-state index in [2.05, 4.69) is 34.7 Å². The minimum absolute atomic E-state index is 0.582. The van der Waals surface area contributed by atoms with E-state index in [0.717, 1.165) is 24.5 Å². The van der Waals surface area contributed by atoms with Crippen LogP contribution in [0.3, 0.4) is 0 Å². The maximum atomic E-state index is 5.84. The average Bonchev–Trinajstić information content (AvgIpc) is 2.73. The SMILES string of the molecule is CNCCc1ccccc1COc1cc(C)nn1C. The Kier molecular flexibility index (Phi) is 4.58. The van der Waals surface area contributed by atoms with Crippen LogP contribution in [-0.2, 0) is 20.1 Å². The van der Waals surface area contributed by atoms with Gasteiger partial charge in [-0.2, -0.15) is 5.10 Å². The molecule has 0 saturated carbocycles. The summed E-state index contributed by atoms with van der Waals surface area (Å²) in [6.45, 7) is 3.52. The molecular formula is C15H21N3O. The Hall–Kier alpha value is -1.81. The third kappa shape index (κ3) is 3.58. The summed E-state index contributed by atoms with van der Waals surface area (Å²) in [7, 11) is 3.87. The highest BCUT2D eigenvalue weighted by molar-refractivity contribution is 5.27. The van der Waals surface area contributed by atoms with Crippen molar-refractivity contribution in [3.63, 3.8) is 0 Å². The number of likely N-dealkylation sites (N-methyl/N-ethyl adjacent to an activating group) is 1. The molecule has 0 atom stereocenters. The van der Waals surface area contributed by atoms with E-state index in [1.807, 2.05) is 27.1 Å². The van der Waals surface area contributed by atoms with Crippen molar-refractivity contribution in [2.24, 2.45) is 7.05 Å². The molecule has 0 aliphatic heterocycles. The summed E-state index contributed by atoms with van der Waals surface area (Å²) < 4.78 is 7.61. The summed E-state index contributed by atoms with van der Waals surface area (Å²) in [6, 6.07) is 10.4. The van der Waals surface area contributed by atoms with Gasteiger partial charge in [-0.25, -0.2) is 4.68 Å². The first-order valence-electron chi connectivity index (χ1n) is 6.55. The van der Waals surface area contributed by atoms with Gasteiger partial charge in [-0.1, -0.05) is 24.3 Å². The van der Waals surface area contributed by atoms with E-state index in [-0.39, 0.29) is 0 Å². The summed E-state index contributed by atoms with van der Waals surface area (Å²) in [5.41, 5.74) is 3.54. The van der Waals surface area contributed by atoms with Crippen LogP contribution in [0.2, 0.25) is 0 Å². The van der Waals surface area contributed by atoms with E-state index in [4.69, 9.17) is 4.74 Å². The lowest BCUT2D eigenvalue weighted by Gasteiger charge is -2.10. The average molecular weight is 259 g/mol. The highest BCUT2D eigenvalue weighted by Crippen LogP contribution is 2.16. The highest BCUT2D eigenvalue weighted by Gasteiger charge is 2.06. The molecular weight excluding hydrogens is 238 g/mol. The van der Waals surface area contributed by atoms with Crippen LogP contribution in [-0.4, -0.2) is 23.4 Å². The summed E-state index contributed by atoms with van der Waals surface area (Å²) in [5.74, 6) is 0.806. The van der Waals surface area contributed by atoms with Crippen molar-refractivity contribution in [3.8, 4) is 5.88 Å². The van der Waals surface area contributed by atoms with Crippen LogP contribution in [0, 0.1) is 6.92 Å². The van der Waals surface area contributed by atoms with Gasteiger partial charge < -0.3 is 10.1 Å². The standard InChI is InChI=1S/C15H21N3O/c1-12-10-15(18(3)17-12)19-11-14-7-5-4-6-13(14)8-9-16-2/h4-7,10,16H,8-9,11H2,1-3H3. The van der Waals surface area contributed by atoms with Crippen molar-refractivity contribution < 1.29 is 4.74 Å². The zero-order chi connectivity index (χ0) is 13.7. The molecule has 0 fully saturated rings. The first-order chi connectivity index (χ1) is 9.20. The number of rotatable bonds is 6. The van der Waals surface area contributed by atoms with E-state index >= 15 is 0 Å². The maximum Gasteiger partial charge on any atom is 0.212 e. The van der Waals surface area contributed by atoms with E-state index < -0.39 is 0 Å². The van der Waals surface area contributed by atoms with Crippen LogP contribution in [0.25, 0.3) is 0 Å². The largest absolute Gasteiger partial charge is 0.473 e. The number of nitrogens with zero attached hydrogens (tertiary/aromatic N) is 2. The van der Waals surface area contributed by atoms with Crippen LogP contribution in [0.4, 0.5) is 0 Å². The molecule has 0 saturated heterocycles. The third-order valence-electron chi connectivity index (χ3n) is 3.10. The Bertz CT molecular complexity index is 534. The van der Waals surface area contributed by atoms with Gasteiger partial charge in [0, 0.05) is 13.1 Å². The van der Waals surface area contributed by atoms with Crippen molar-refractivity contribution in [1.29, 1.82) is 0 Å². The molecule has 4 heteroatoms. The maximum absolute atomic E-state index is 5.84. The van der Waals surface area contributed by atoms with Crippen molar-refractivity contribution in [1.82, 2.24) is 15.1 Å². The Labute approximate surface area is 114 Å². The number of nitrogens with one attached hydrogen (secondary N) is 1. The van der Waals surface area contributed by atoms with Gasteiger partial charge in [0.2, 0.25) is 5.88 Å². The van der Waals surface area contributed by atoms with Crippen molar-refractivity contribution in [2.75, 3.05) is 13.6 Å². The van der Waals surface area contributed by atoms with Crippen LogP contribution < -0.4 is 10.1 Å². The van der Waals surface area contributed by atoms with E-state index in [1.54, 1.807) is 4.68 Å². The number of benzene rings is 1. The zero-order valence-corrected chi connectivity index (χ0v) is 11.8. The van der Waals surface area contributed by atoms with Crippen LogP contribution in [0.1, 0.15) is 16.8 Å². The monoisotopic (exact) mass is 259 g/mol. The summed E-state index contributed by atoms with van der Waals surface area (Å²) in [6.07, 6.45) is 1.01. The lowest BCUT2D eigenvalue weighted by molar-refractivity contribution is 0.277. The fraction of sp³-hybridized carbons (Fsp3) is 0.400. The number of hydrogen-bond donors (Lipinski definition) is 1. The molecule has 0 bridgehead atoms. The Morgan fingerprint density at radius 1 is 1.26 bits per heavy atom. The minimum Gasteiger partial charge on any atom is -0.473 e. The lowest BCUT2D eigenvalue weighted by atomic mass is 10.1. The van der Waals surface area contributed by atoms with Crippen molar-refractivity contribution in [3.05, 3.63) is 47.2 Å². The summed E-state index contributed by atoms with van der Waals surface area (Å²) in [5, 5.41) is 7.45. The lowest BCUT2D eigenvalue weighted by Crippen LogP contribution is -2.12. The first-order valence-corrected chi connectivity index (χ1v) is 6.55. The Balaban J connectivity index is 2.04. The molecule has 0 aliphatic carbocycles. The molecule has 0 unspecified atom stereocenters. The molecule has 1 heterocycles. The molecule has 0 amide bonds. The van der Waals surface area contributed by atoms with Crippen molar-refractivity contribution >= 4 is 0 Å². The third-order valence-corrected chi connectivity index (χ3v) is 3.10. The van der Waals surface area contributed by atoms with Gasteiger partial charge in [-0.05, 0) is 38.1 Å². The molecule has 1 aromatic carbocycles. The van der Waals surface area contributed by atoms with Gasteiger partial charge >= 0.3 is 0 Å². The summed E-state index contributed by atoms with van der Waals surface area (Å²) in [4.78, 5) is 0. The first kappa shape index (κ1) is 13.6. The molecule has 4 nitrogen and oxygen atoms in total. The summed E-state index contributed by atoms with van der Waals surface area (Å²) >= 11 is 0. The molecule has 1 N–H and O–H groups in total. The highest BCUT2D eigenvalue weighted by atomic mass is 16.5. The van der Waals surface area contributed by atoms with Gasteiger partial charge in [-0.15, -0.1) is 0 Å². The van der Waals surface area contributed by atoms with Gasteiger partial charge in [0.05, 0.1) is 5.69 Å². The van der Waals surface area contributed by atoms with Gasteiger partial charge in [0.1, 0.15) is 6.61 Å². The fourth-order valence-corrected chi connectivity index (χ4v) is 2.08. The molecule has 102 valence electrons. The quantitative estimate of drug-likeness (QED) is 0.863. The molecule has 0 radical (unpaired) electrons. The molecule has 2 rings (SSSR count). The second-order valence-electron chi connectivity index (χ2n) is 4.66. The van der Waals surface area contributed by atoms with Gasteiger partial charge in [-0.3, -0.25) is 0 Å². The number of hydrogen-bond acceptors (Lipinski definition) is 3. The molecule has 2 aromatic rings. The predicted molar refractivity (Wildman–Crippen MR) is 76.3 cm³/mol. The number of aryl methyl sites for hydroxylation is 2. The zero-order valence-electron chi connectivity index (χ0n) is 11.8. The topological polar surface area (TPSA) is 39.1 Å². The van der Waals surface area contributed by atoms with Crippen LogP contribution in [0.15, 0.2) is 30.3 Å². The van der Waals surface area contributed by atoms with E-state index in [9.17, 15) is 0 Å². The number of aromatic nitrogens is 2. The van der Waals surface area contributed by atoms with Crippen LogP contribution in [0.5, 0.6) is 5.88 Å². The fourth-order valence-electron chi connectivity index (χ4n) is 2.08. The van der Waals surface area contributed by atoms with Gasteiger partial charge in [0.15, 0.2) is 0 Å².